The Morgan fingerprint density at radius 3 is 2.52 bits per heavy atom. The van der Waals surface area contributed by atoms with Crippen molar-refractivity contribution in [2.45, 2.75) is 19.8 Å². The maximum absolute atomic E-state index is 13.2. The number of hydrogen-bond donors (Lipinski definition) is 1. The van der Waals surface area contributed by atoms with Crippen LogP contribution in [-0.4, -0.2) is 85.0 Å². The van der Waals surface area contributed by atoms with Crippen molar-refractivity contribution in [3.05, 3.63) is 18.0 Å². The molecule has 27 heavy (non-hydrogen) atoms. The van der Waals surface area contributed by atoms with Crippen LogP contribution < -0.4 is 5.32 Å². The second-order valence-electron chi connectivity index (χ2n) is 6.66. The lowest BCUT2D eigenvalue weighted by Gasteiger charge is -2.30. The number of amides is 1. The molecule has 0 spiro atoms. The second kappa shape index (κ2) is 13.3. The number of ether oxygens (including phenoxy) is 1. The molecule has 1 N–H and O–H groups in total. The summed E-state index contributed by atoms with van der Waals surface area (Å²) >= 11 is 0. The van der Waals surface area contributed by atoms with E-state index in [0.717, 1.165) is 44.8 Å². The van der Waals surface area contributed by atoms with Gasteiger partial charge in [0.2, 0.25) is 5.91 Å². The molecule has 0 unspecified atom stereocenters. The maximum Gasteiger partial charge on any atom is 0.227 e. The van der Waals surface area contributed by atoms with Crippen LogP contribution in [0.2, 0.25) is 0 Å². The minimum absolute atomic E-state index is 0. The molecule has 1 aromatic rings. The highest BCUT2D eigenvalue weighted by atomic mass is 35.5. The lowest BCUT2D eigenvalue weighted by Crippen LogP contribution is -2.44. The van der Waals surface area contributed by atoms with Gasteiger partial charge in [-0.3, -0.25) is 9.48 Å². The predicted octanol–water partition coefficient (Wildman–Crippen LogP) is 1.38. The van der Waals surface area contributed by atoms with Gasteiger partial charge in [0.05, 0.1) is 18.7 Å². The fourth-order valence-corrected chi connectivity index (χ4v) is 3.49. The first-order chi connectivity index (χ1) is 12.1. The van der Waals surface area contributed by atoms with E-state index in [4.69, 9.17) is 4.74 Å². The van der Waals surface area contributed by atoms with Crippen LogP contribution in [0.5, 0.6) is 0 Å². The largest absolute Gasteiger partial charge is 0.383 e. The Labute approximate surface area is 175 Å². The molecule has 2 atom stereocenters. The summed E-state index contributed by atoms with van der Waals surface area (Å²) in [6.07, 6.45) is 3.90. The van der Waals surface area contributed by atoms with Gasteiger partial charge in [-0.1, -0.05) is 13.8 Å². The topological polar surface area (TPSA) is 62.6 Å². The number of nitrogens with zero attached hydrogens (tertiary/aromatic N) is 4. The first-order valence-electron chi connectivity index (χ1n) is 9.30. The molecule has 1 aromatic heterocycles. The molecule has 1 saturated heterocycles. The zero-order valence-corrected chi connectivity index (χ0v) is 18.5. The second-order valence-corrected chi connectivity index (χ2v) is 6.66. The van der Waals surface area contributed by atoms with Crippen molar-refractivity contribution in [3.63, 3.8) is 0 Å². The van der Waals surface area contributed by atoms with Gasteiger partial charge in [0.25, 0.3) is 0 Å². The highest BCUT2D eigenvalue weighted by molar-refractivity contribution is 5.85. The molecule has 1 fully saturated rings. The number of likely N-dealkylation sites (N-methyl/N-ethyl adjacent to an activating group) is 1. The van der Waals surface area contributed by atoms with Gasteiger partial charge in [-0.2, -0.15) is 5.10 Å². The number of rotatable bonds is 10. The Kier molecular flexibility index (Phi) is 12.9. The molecular weight excluding hydrogens is 389 g/mol. The quantitative estimate of drug-likeness (QED) is 0.615. The minimum atomic E-state index is -0.0299. The first kappa shape index (κ1) is 26.1. The SMILES string of the molecule is CCN(CC)CCN(CCOC)C(=O)[C@H]1CNC[C@@H]1c1cnn(C)c1.Cl.Cl. The van der Waals surface area contributed by atoms with Crippen LogP contribution in [0, 0.1) is 5.92 Å². The van der Waals surface area contributed by atoms with Crippen LogP contribution in [0.3, 0.4) is 0 Å². The lowest BCUT2D eigenvalue weighted by molar-refractivity contribution is -0.136. The third kappa shape index (κ3) is 7.23. The van der Waals surface area contributed by atoms with E-state index >= 15 is 0 Å². The van der Waals surface area contributed by atoms with Gasteiger partial charge in [0.1, 0.15) is 0 Å². The fourth-order valence-electron chi connectivity index (χ4n) is 3.49. The molecule has 1 aliphatic heterocycles. The Balaban J connectivity index is 0.00000338. The third-order valence-corrected chi connectivity index (χ3v) is 5.14. The average Bonchev–Trinajstić information content (AvgIpc) is 3.26. The molecule has 0 aromatic carbocycles. The average molecular weight is 424 g/mol. The Hall–Kier alpha value is -0.860. The molecule has 0 aliphatic carbocycles. The summed E-state index contributed by atoms with van der Waals surface area (Å²) in [4.78, 5) is 17.5. The van der Waals surface area contributed by atoms with Gasteiger partial charge in [-0.25, -0.2) is 0 Å². The summed E-state index contributed by atoms with van der Waals surface area (Å²) in [5.74, 6) is 0.389. The lowest BCUT2D eigenvalue weighted by atomic mass is 9.89. The van der Waals surface area contributed by atoms with Gasteiger partial charge in [0.15, 0.2) is 0 Å². The number of aryl methyl sites for hydroxylation is 1. The van der Waals surface area contributed by atoms with Crippen LogP contribution in [0.25, 0.3) is 0 Å². The van der Waals surface area contributed by atoms with Crippen LogP contribution in [0.15, 0.2) is 12.4 Å². The summed E-state index contributed by atoms with van der Waals surface area (Å²) in [7, 11) is 3.60. The van der Waals surface area contributed by atoms with E-state index in [1.54, 1.807) is 11.8 Å². The van der Waals surface area contributed by atoms with Crippen LogP contribution in [0.1, 0.15) is 25.3 Å². The predicted molar refractivity (Wildman–Crippen MR) is 113 cm³/mol. The number of methoxy groups -OCH3 is 1. The zero-order valence-electron chi connectivity index (χ0n) is 16.9. The van der Waals surface area contributed by atoms with E-state index in [1.165, 1.54) is 0 Å². The van der Waals surface area contributed by atoms with Gasteiger partial charge in [-0.05, 0) is 18.7 Å². The minimum Gasteiger partial charge on any atom is -0.383 e. The smallest absolute Gasteiger partial charge is 0.227 e. The molecule has 7 nitrogen and oxygen atoms in total. The number of aromatic nitrogens is 2. The Bertz CT molecular complexity index is 540. The van der Waals surface area contributed by atoms with Crippen LogP contribution in [0.4, 0.5) is 0 Å². The fraction of sp³-hybridized carbons (Fsp3) is 0.778. The van der Waals surface area contributed by atoms with Crippen LogP contribution >= 0.6 is 24.8 Å². The number of carbonyl (C=O) groups is 1. The van der Waals surface area contributed by atoms with Gasteiger partial charge < -0.3 is 19.9 Å². The molecule has 9 heteroatoms. The Morgan fingerprint density at radius 2 is 1.96 bits per heavy atom. The molecule has 0 bridgehead atoms. The molecule has 0 saturated carbocycles. The summed E-state index contributed by atoms with van der Waals surface area (Å²) in [5, 5.41) is 7.65. The van der Waals surface area contributed by atoms with E-state index < -0.39 is 0 Å². The molecule has 2 rings (SSSR count). The van der Waals surface area contributed by atoms with Crippen molar-refractivity contribution in [1.29, 1.82) is 0 Å². The van der Waals surface area contributed by atoms with E-state index in [1.807, 2.05) is 24.3 Å². The van der Waals surface area contributed by atoms with Crippen LogP contribution in [-0.2, 0) is 16.6 Å². The van der Waals surface area contributed by atoms with Gasteiger partial charge in [0, 0.05) is 59.0 Å². The first-order valence-corrected chi connectivity index (χ1v) is 9.30. The van der Waals surface area contributed by atoms with E-state index in [0.29, 0.717) is 13.2 Å². The number of carbonyl (C=O) groups excluding carboxylic acids is 1. The maximum atomic E-state index is 13.2. The number of nitrogens with one attached hydrogen (secondary N) is 1. The normalized spacial score (nSPS) is 18.9. The summed E-state index contributed by atoms with van der Waals surface area (Å²) in [5.41, 5.74) is 1.14. The molecule has 1 aliphatic rings. The monoisotopic (exact) mass is 423 g/mol. The summed E-state index contributed by atoms with van der Waals surface area (Å²) < 4.78 is 7.03. The molecule has 0 radical (unpaired) electrons. The highest BCUT2D eigenvalue weighted by Gasteiger charge is 2.36. The van der Waals surface area contributed by atoms with Crippen molar-refractivity contribution in [2.24, 2.45) is 13.0 Å². The number of hydrogen-bond acceptors (Lipinski definition) is 5. The zero-order chi connectivity index (χ0) is 18.2. The molecule has 2 heterocycles. The summed E-state index contributed by atoms with van der Waals surface area (Å²) in [6, 6.07) is 0. The van der Waals surface area contributed by atoms with E-state index in [-0.39, 0.29) is 42.6 Å². The van der Waals surface area contributed by atoms with Gasteiger partial charge in [-0.15, -0.1) is 24.8 Å². The molecule has 1 amide bonds. The molecular formula is C18H35Cl2N5O2. The van der Waals surface area contributed by atoms with Crippen molar-refractivity contribution in [1.82, 2.24) is 24.9 Å². The van der Waals surface area contributed by atoms with Crippen molar-refractivity contribution in [2.75, 3.05) is 59.5 Å². The van der Waals surface area contributed by atoms with Crippen molar-refractivity contribution >= 4 is 30.7 Å². The van der Waals surface area contributed by atoms with Gasteiger partial charge >= 0.3 is 0 Å². The molecule has 158 valence electrons. The third-order valence-electron chi connectivity index (χ3n) is 5.14. The highest BCUT2D eigenvalue weighted by Crippen LogP contribution is 2.29. The van der Waals surface area contributed by atoms with E-state index in [9.17, 15) is 4.79 Å². The van der Waals surface area contributed by atoms with E-state index in [2.05, 4.69) is 29.2 Å². The summed E-state index contributed by atoms with van der Waals surface area (Å²) in [6.45, 7) is 10.8. The Morgan fingerprint density at radius 1 is 1.26 bits per heavy atom. The number of halogens is 2. The standard InChI is InChI=1S/C18H33N5O2.2ClH/c1-5-22(6-2)7-8-23(9-10-25-4)18(24)17-13-19-12-16(17)15-11-20-21(3)14-15;;/h11,14,16-17,19H,5-10,12-13H2,1-4H3;2*1H/t16-,17+;;/m1../s1. The van der Waals surface area contributed by atoms with Crippen molar-refractivity contribution < 1.29 is 9.53 Å². The van der Waals surface area contributed by atoms with Crippen molar-refractivity contribution in [3.8, 4) is 0 Å².